The molecule has 35 heavy (non-hydrogen) atoms. The van der Waals surface area contributed by atoms with Crippen LogP contribution in [-0.4, -0.2) is 34.6 Å². The van der Waals surface area contributed by atoms with E-state index in [1.54, 1.807) is 23.1 Å². The normalized spacial score (nSPS) is 12.6. The minimum absolute atomic E-state index is 0.00679. The van der Waals surface area contributed by atoms with Gasteiger partial charge in [0.15, 0.2) is 0 Å². The van der Waals surface area contributed by atoms with Crippen molar-refractivity contribution in [3.8, 4) is 0 Å². The number of amides is 2. The molecule has 0 saturated heterocycles. The summed E-state index contributed by atoms with van der Waals surface area (Å²) in [6.45, 7) is 4.28. The molecule has 0 aromatic heterocycles. The Hall–Kier alpha value is -2.47. The fourth-order valence-corrected chi connectivity index (χ4v) is 4.71. The van der Waals surface area contributed by atoms with Crippen LogP contribution in [0.1, 0.15) is 31.4 Å². The van der Waals surface area contributed by atoms with Crippen molar-refractivity contribution in [3.05, 3.63) is 100 Å². The number of halogens is 2. The molecule has 4 nitrogen and oxygen atoms in total. The molecule has 2 atom stereocenters. The van der Waals surface area contributed by atoms with Crippen molar-refractivity contribution >= 4 is 46.8 Å². The van der Waals surface area contributed by atoms with Gasteiger partial charge in [0.05, 0.1) is 5.75 Å². The molecule has 0 aliphatic carbocycles. The van der Waals surface area contributed by atoms with Crippen LogP contribution in [0.4, 0.5) is 0 Å². The Labute approximate surface area is 222 Å². The Balaban J connectivity index is 1.90. The van der Waals surface area contributed by atoms with E-state index in [2.05, 4.69) is 5.32 Å². The second-order valence-corrected chi connectivity index (χ2v) is 10.3. The van der Waals surface area contributed by atoms with E-state index in [-0.39, 0.29) is 30.2 Å². The lowest BCUT2D eigenvalue weighted by atomic mass is 10.0. The monoisotopic (exact) mass is 528 g/mol. The van der Waals surface area contributed by atoms with Gasteiger partial charge in [0.1, 0.15) is 6.04 Å². The molecule has 0 saturated carbocycles. The molecule has 3 rings (SSSR count). The Bertz CT molecular complexity index is 1110. The quantitative estimate of drug-likeness (QED) is 0.283. The minimum Gasteiger partial charge on any atom is -0.352 e. The number of carbonyl (C=O) groups is 2. The van der Waals surface area contributed by atoms with Gasteiger partial charge in [-0.05, 0) is 60.9 Å². The molecular formula is C28H30Cl2N2O2S. The molecule has 0 fully saturated rings. The first kappa shape index (κ1) is 27.1. The first-order chi connectivity index (χ1) is 16.9. The van der Waals surface area contributed by atoms with Gasteiger partial charge in [-0.2, -0.15) is 0 Å². The Morgan fingerprint density at radius 1 is 0.914 bits per heavy atom. The third-order valence-electron chi connectivity index (χ3n) is 5.69. The van der Waals surface area contributed by atoms with Gasteiger partial charge in [0.25, 0.3) is 0 Å². The highest BCUT2D eigenvalue weighted by molar-refractivity contribution is 8.00. The minimum atomic E-state index is -0.663. The molecule has 0 spiro atoms. The summed E-state index contributed by atoms with van der Waals surface area (Å²) in [5.74, 6) is -0.0791. The second-order valence-electron chi connectivity index (χ2n) is 8.42. The first-order valence-corrected chi connectivity index (χ1v) is 13.4. The standard InChI is InChI=1S/C28H30Cl2N2O2S/c1-3-20(2)31-28(34)26(17-21-8-5-4-6-9-21)32(18-22-10-7-11-24(30)16-22)27(33)19-35-25-14-12-23(29)13-15-25/h4-16,20,26H,3,17-19H2,1-2H3,(H,31,34)/t20-,26+/m0/s1. The Kier molecular flexibility index (Phi) is 10.5. The first-order valence-electron chi connectivity index (χ1n) is 11.6. The maximum atomic E-state index is 13.6. The summed E-state index contributed by atoms with van der Waals surface area (Å²) in [5.41, 5.74) is 1.86. The maximum Gasteiger partial charge on any atom is 0.243 e. The van der Waals surface area contributed by atoms with Gasteiger partial charge in [-0.15, -0.1) is 11.8 Å². The van der Waals surface area contributed by atoms with Crippen molar-refractivity contribution < 1.29 is 9.59 Å². The summed E-state index contributed by atoms with van der Waals surface area (Å²) in [6, 6.07) is 23.9. The Morgan fingerprint density at radius 3 is 2.26 bits per heavy atom. The zero-order valence-corrected chi connectivity index (χ0v) is 22.2. The highest BCUT2D eigenvalue weighted by Crippen LogP contribution is 2.23. The average Bonchev–Trinajstić information content (AvgIpc) is 2.86. The number of carbonyl (C=O) groups excluding carboxylic acids is 2. The Morgan fingerprint density at radius 2 is 1.60 bits per heavy atom. The lowest BCUT2D eigenvalue weighted by molar-refractivity contribution is -0.139. The topological polar surface area (TPSA) is 49.4 Å². The number of nitrogens with zero attached hydrogens (tertiary/aromatic N) is 1. The number of benzene rings is 3. The number of rotatable bonds is 11. The molecule has 3 aromatic carbocycles. The van der Waals surface area contributed by atoms with Crippen molar-refractivity contribution in [2.24, 2.45) is 0 Å². The van der Waals surface area contributed by atoms with E-state index in [4.69, 9.17) is 23.2 Å². The number of nitrogens with one attached hydrogen (secondary N) is 1. The molecule has 0 aliphatic rings. The van der Waals surface area contributed by atoms with Crippen molar-refractivity contribution in [3.63, 3.8) is 0 Å². The molecular weight excluding hydrogens is 499 g/mol. The van der Waals surface area contributed by atoms with Crippen LogP contribution in [0.5, 0.6) is 0 Å². The summed E-state index contributed by atoms with van der Waals surface area (Å²) < 4.78 is 0. The predicted octanol–water partition coefficient (Wildman–Crippen LogP) is 6.64. The van der Waals surface area contributed by atoms with Gasteiger partial charge >= 0.3 is 0 Å². The average molecular weight is 530 g/mol. The SMILES string of the molecule is CC[C@H](C)NC(=O)[C@@H](Cc1ccccc1)N(Cc1cccc(Cl)c1)C(=O)CSc1ccc(Cl)cc1. The van der Waals surface area contributed by atoms with Crippen molar-refractivity contribution in [1.82, 2.24) is 10.2 Å². The summed E-state index contributed by atoms with van der Waals surface area (Å²) in [5, 5.41) is 4.32. The molecule has 0 bridgehead atoms. The van der Waals surface area contributed by atoms with Gasteiger partial charge in [0.2, 0.25) is 11.8 Å². The number of hydrogen-bond acceptors (Lipinski definition) is 3. The van der Waals surface area contributed by atoms with Crippen molar-refractivity contribution in [2.45, 2.75) is 50.2 Å². The molecule has 3 aromatic rings. The smallest absolute Gasteiger partial charge is 0.243 e. The second kappa shape index (κ2) is 13.6. The van der Waals surface area contributed by atoms with Gasteiger partial charge in [-0.3, -0.25) is 9.59 Å². The van der Waals surface area contributed by atoms with Gasteiger partial charge < -0.3 is 10.2 Å². The van der Waals surface area contributed by atoms with E-state index in [0.29, 0.717) is 16.5 Å². The predicted molar refractivity (Wildman–Crippen MR) is 146 cm³/mol. The largest absolute Gasteiger partial charge is 0.352 e. The summed E-state index contributed by atoms with van der Waals surface area (Å²) in [4.78, 5) is 29.7. The highest BCUT2D eigenvalue weighted by Gasteiger charge is 2.31. The van der Waals surface area contributed by atoms with E-state index < -0.39 is 6.04 Å². The van der Waals surface area contributed by atoms with E-state index in [0.717, 1.165) is 22.4 Å². The van der Waals surface area contributed by atoms with Crippen LogP contribution in [0, 0.1) is 0 Å². The van der Waals surface area contributed by atoms with Crippen LogP contribution in [0.2, 0.25) is 10.0 Å². The third-order valence-corrected chi connectivity index (χ3v) is 7.17. The van der Waals surface area contributed by atoms with Crippen LogP contribution in [-0.2, 0) is 22.6 Å². The molecule has 0 radical (unpaired) electrons. The zero-order valence-electron chi connectivity index (χ0n) is 19.9. The van der Waals surface area contributed by atoms with Crippen LogP contribution in [0.15, 0.2) is 83.8 Å². The lowest BCUT2D eigenvalue weighted by Crippen LogP contribution is -2.52. The maximum absolute atomic E-state index is 13.6. The molecule has 0 heterocycles. The molecule has 2 amide bonds. The molecule has 184 valence electrons. The number of thioether (sulfide) groups is 1. The van der Waals surface area contributed by atoms with Gasteiger partial charge in [-0.1, -0.05) is 72.6 Å². The fourth-order valence-electron chi connectivity index (χ4n) is 3.59. The van der Waals surface area contributed by atoms with E-state index >= 15 is 0 Å². The third kappa shape index (κ3) is 8.60. The van der Waals surface area contributed by atoms with E-state index in [1.165, 1.54) is 11.8 Å². The molecule has 0 unspecified atom stereocenters. The summed E-state index contributed by atoms with van der Waals surface area (Å²) in [7, 11) is 0. The zero-order chi connectivity index (χ0) is 25.2. The molecule has 0 aliphatic heterocycles. The van der Waals surface area contributed by atoms with Gasteiger partial charge in [0, 0.05) is 33.9 Å². The molecule has 1 N–H and O–H groups in total. The summed E-state index contributed by atoms with van der Waals surface area (Å²) in [6.07, 6.45) is 1.22. The summed E-state index contributed by atoms with van der Waals surface area (Å²) >= 11 is 13.6. The number of hydrogen-bond donors (Lipinski definition) is 1. The van der Waals surface area contributed by atoms with Crippen LogP contribution >= 0.6 is 35.0 Å². The van der Waals surface area contributed by atoms with Crippen molar-refractivity contribution in [2.75, 3.05) is 5.75 Å². The van der Waals surface area contributed by atoms with E-state index in [9.17, 15) is 9.59 Å². The van der Waals surface area contributed by atoms with Crippen molar-refractivity contribution in [1.29, 1.82) is 0 Å². The highest BCUT2D eigenvalue weighted by atomic mass is 35.5. The van der Waals surface area contributed by atoms with E-state index in [1.807, 2.05) is 74.5 Å². The van der Waals surface area contributed by atoms with Crippen LogP contribution < -0.4 is 5.32 Å². The lowest BCUT2D eigenvalue weighted by Gasteiger charge is -2.32. The molecule has 7 heteroatoms. The van der Waals surface area contributed by atoms with Crippen LogP contribution in [0.3, 0.4) is 0 Å². The fraction of sp³-hybridized carbons (Fsp3) is 0.286. The van der Waals surface area contributed by atoms with Crippen LogP contribution in [0.25, 0.3) is 0 Å². The van der Waals surface area contributed by atoms with Gasteiger partial charge in [-0.25, -0.2) is 0 Å².